The second-order valence-electron chi connectivity index (χ2n) is 3.89. The number of aliphatic hydroxyl groups is 1. The van der Waals surface area contributed by atoms with Crippen LogP contribution < -0.4 is 0 Å². The molecule has 1 atom stereocenters. The molecule has 4 heteroatoms. The number of benzene rings is 2. The van der Waals surface area contributed by atoms with Crippen molar-refractivity contribution in [3.05, 3.63) is 58.9 Å². The molecule has 0 aliphatic carbocycles. The van der Waals surface area contributed by atoms with Crippen LogP contribution in [0, 0.1) is 5.82 Å². The smallest absolute Gasteiger partial charge is 0.130 e. The summed E-state index contributed by atoms with van der Waals surface area (Å²) in [5.74, 6) is -0.392. The minimum atomic E-state index is -0.840. The molecule has 0 aliphatic heterocycles. The molecule has 1 N–H and O–H groups in total. The molecular formula is C14H12ClFOS. The Labute approximate surface area is 115 Å². The molecule has 18 heavy (non-hydrogen) atoms. The molecule has 94 valence electrons. The molecule has 0 fully saturated rings. The summed E-state index contributed by atoms with van der Waals surface area (Å²) in [6, 6.07) is 12.1. The SMILES string of the molecule is CC(O)c1c(F)cccc1Sc1cccc(Cl)c1. The van der Waals surface area contributed by atoms with Crippen molar-refractivity contribution >= 4 is 23.4 Å². The Kier molecular flexibility index (Phi) is 4.27. The van der Waals surface area contributed by atoms with Crippen LogP contribution in [0.25, 0.3) is 0 Å². The van der Waals surface area contributed by atoms with Gasteiger partial charge in [-0.2, -0.15) is 0 Å². The lowest BCUT2D eigenvalue weighted by Crippen LogP contribution is -1.98. The van der Waals surface area contributed by atoms with Crippen LogP contribution in [-0.2, 0) is 0 Å². The highest BCUT2D eigenvalue weighted by Gasteiger charge is 2.14. The van der Waals surface area contributed by atoms with E-state index in [0.717, 1.165) is 4.90 Å². The van der Waals surface area contributed by atoms with Gasteiger partial charge in [0.15, 0.2) is 0 Å². The molecular weight excluding hydrogens is 271 g/mol. The Morgan fingerprint density at radius 1 is 1.22 bits per heavy atom. The van der Waals surface area contributed by atoms with Gasteiger partial charge in [0, 0.05) is 20.4 Å². The van der Waals surface area contributed by atoms with E-state index in [4.69, 9.17) is 11.6 Å². The van der Waals surface area contributed by atoms with E-state index in [-0.39, 0.29) is 0 Å². The highest BCUT2D eigenvalue weighted by atomic mass is 35.5. The van der Waals surface area contributed by atoms with Crippen molar-refractivity contribution in [1.29, 1.82) is 0 Å². The largest absolute Gasteiger partial charge is 0.389 e. The Morgan fingerprint density at radius 3 is 2.61 bits per heavy atom. The van der Waals surface area contributed by atoms with E-state index in [9.17, 15) is 9.50 Å². The molecule has 1 unspecified atom stereocenters. The van der Waals surface area contributed by atoms with E-state index in [2.05, 4.69) is 0 Å². The average Bonchev–Trinajstić information content (AvgIpc) is 2.28. The minimum absolute atomic E-state index is 0.322. The molecule has 1 nitrogen and oxygen atoms in total. The summed E-state index contributed by atoms with van der Waals surface area (Å²) >= 11 is 7.29. The molecule has 0 radical (unpaired) electrons. The number of rotatable bonds is 3. The van der Waals surface area contributed by atoms with Crippen LogP contribution in [0.2, 0.25) is 5.02 Å². The maximum Gasteiger partial charge on any atom is 0.130 e. The molecule has 0 spiro atoms. The van der Waals surface area contributed by atoms with Gasteiger partial charge in [-0.25, -0.2) is 4.39 Å². The van der Waals surface area contributed by atoms with Crippen LogP contribution in [-0.4, -0.2) is 5.11 Å². The van der Waals surface area contributed by atoms with E-state index in [1.165, 1.54) is 17.8 Å². The summed E-state index contributed by atoms with van der Waals surface area (Å²) in [7, 11) is 0. The summed E-state index contributed by atoms with van der Waals surface area (Å²) in [5.41, 5.74) is 0.322. The van der Waals surface area contributed by atoms with Gasteiger partial charge in [0.2, 0.25) is 0 Å². The van der Waals surface area contributed by atoms with Crippen LogP contribution in [0.5, 0.6) is 0 Å². The molecule has 0 saturated heterocycles. The maximum atomic E-state index is 13.7. The molecule has 0 aromatic heterocycles. The summed E-state index contributed by atoms with van der Waals surface area (Å²) in [6.45, 7) is 1.56. The normalized spacial score (nSPS) is 12.4. The first-order valence-corrected chi connectivity index (χ1v) is 6.67. The average molecular weight is 283 g/mol. The number of aliphatic hydroxyl groups excluding tert-OH is 1. The first kappa shape index (κ1) is 13.4. The van der Waals surface area contributed by atoms with E-state index < -0.39 is 11.9 Å². The third kappa shape index (κ3) is 3.05. The van der Waals surface area contributed by atoms with Crippen molar-refractivity contribution in [3.8, 4) is 0 Å². The fraction of sp³-hybridized carbons (Fsp3) is 0.143. The quantitative estimate of drug-likeness (QED) is 0.882. The minimum Gasteiger partial charge on any atom is -0.389 e. The fourth-order valence-corrected chi connectivity index (χ4v) is 3.04. The molecule has 2 aromatic rings. The Balaban J connectivity index is 2.37. The molecule has 0 aliphatic rings. The molecule has 0 heterocycles. The van der Waals surface area contributed by atoms with Gasteiger partial charge in [0.25, 0.3) is 0 Å². The third-order valence-electron chi connectivity index (χ3n) is 2.45. The van der Waals surface area contributed by atoms with Crippen molar-refractivity contribution in [2.75, 3.05) is 0 Å². The zero-order chi connectivity index (χ0) is 13.1. The van der Waals surface area contributed by atoms with Crippen LogP contribution in [0.4, 0.5) is 4.39 Å². The van der Waals surface area contributed by atoms with Gasteiger partial charge in [-0.3, -0.25) is 0 Å². The zero-order valence-corrected chi connectivity index (χ0v) is 11.3. The first-order chi connectivity index (χ1) is 8.58. The molecule has 2 aromatic carbocycles. The van der Waals surface area contributed by atoms with Gasteiger partial charge >= 0.3 is 0 Å². The summed E-state index contributed by atoms with van der Waals surface area (Å²) in [6.07, 6.45) is -0.840. The van der Waals surface area contributed by atoms with Crippen LogP contribution >= 0.6 is 23.4 Å². The van der Waals surface area contributed by atoms with Crippen molar-refractivity contribution in [3.63, 3.8) is 0 Å². The van der Waals surface area contributed by atoms with Crippen molar-refractivity contribution in [2.24, 2.45) is 0 Å². The topological polar surface area (TPSA) is 20.2 Å². The zero-order valence-electron chi connectivity index (χ0n) is 9.73. The lowest BCUT2D eigenvalue weighted by molar-refractivity contribution is 0.191. The van der Waals surface area contributed by atoms with E-state index in [1.807, 2.05) is 18.2 Å². The summed E-state index contributed by atoms with van der Waals surface area (Å²) in [5, 5.41) is 10.3. The van der Waals surface area contributed by atoms with Gasteiger partial charge in [-0.05, 0) is 37.3 Å². The van der Waals surface area contributed by atoms with Crippen molar-refractivity contribution in [1.82, 2.24) is 0 Å². The van der Waals surface area contributed by atoms with Crippen LogP contribution in [0.15, 0.2) is 52.3 Å². The van der Waals surface area contributed by atoms with Crippen molar-refractivity contribution in [2.45, 2.75) is 22.8 Å². The Bertz CT molecular complexity index is 557. The lowest BCUT2D eigenvalue weighted by atomic mass is 10.1. The van der Waals surface area contributed by atoms with E-state index >= 15 is 0 Å². The standard InChI is InChI=1S/C14H12ClFOS/c1-9(17)14-12(16)6-3-7-13(14)18-11-5-2-4-10(15)8-11/h2-9,17H,1H3. The highest BCUT2D eigenvalue weighted by Crippen LogP contribution is 2.35. The molecule has 0 amide bonds. The maximum absolute atomic E-state index is 13.7. The predicted molar refractivity (Wildman–Crippen MR) is 72.6 cm³/mol. The Hall–Kier alpha value is -1.03. The predicted octanol–water partition coefficient (Wildman–Crippen LogP) is 4.68. The number of hydrogen-bond donors (Lipinski definition) is 1. The van der Waals surface area contributed by atoms with Gasteiger partial charge in [0.1, 0.15) is 5.82 Å². The highest BCUT2D eigenvalue weighted by molar-refractivity contribution is 7.99. The first-order valence-electron chi connectivity index (χ1n) is 5.48. The fourth-order valence-electron chi connectivity index (χ4n) is 1.67. The number of halogens is 2. The number of hydrogen-bond acceptors (Lipinski definition) is 2. The van der Waals surface area contributed by atoms with Crippen LogP contribution in [0.1, 0.15) is 18.6 Å². The van der Waals surface area contributed by atoms with Gasteiger partial charge in [-0.15, -0.1) is 0 Å². The summed E-state index contributed by atoms with van der Waals surface area (Å²) in [4.78, 5) is 1.61. The molecule has 2 rings (SSSR count). The van der Waals surface area contributed by atoms with Crippen molar-refractivity contribution < 1.29 is 9.50 Å². The second-order valence-corrected chi connectivity index (χ2v) is 5.44. The lowest BCUT2D eigenvalue weighted by Gasteiger charge is -2.12. The van der Waals surface area contributed by atoms with Gasteiger partial charge in [0.05, 0.1) is 6.10 Å². The second kappa shape index (κ2) is 5.74. The van der Waals surface area contributed by atoms with Gasteiger partial charge < -0.3 is 5.11 Å². The van der Waals surface area contributed by atoms with E-state index in [1.54, 1.807) is 25.1 Å². The monoisotopic (exact) mass is 282 g/mol. The van der Waals surface area contributed by atoms with E-state index in [0.29, 0.717) is 15.5 Å². The molecule has 0 saturated carbocycles. The third-order valence-corrected chi connectivity index (χ3v) is 3.76. The molecule has 0 bridgehead atoms. The van der Waals surface area contributed by atoms with Gasteiger partial charge in [-0.1, -0.05) is 35.5 Å². The Morgan fingerprint density at radius 2 is 1.94 bits per heavy atom. The van der Waals surface area contributed by atoms with Crippen LogP contribution in [0.3, 0.4) is 0 Å². The summed E-state index contributed by atoms with van der Waals surface area (Å²) < 4.78 is 13.7.